The Balaban J connectivity index is 2.25. The lowest BCUT2D eigenvalue weighted by Crippen LogP contribution is -2.37. The molecule has 2 atom stereocenters. The summed E-state index contributed by atoms with van der Waals surface area (Å²) in [7, 11) is -3.82. The number of carbonyl (C=O) groups excluding carboxylic acids is 1. The summed E-state index contributed by atoms with van der Waals surface area (Å²) in [4.78, 5) is 12.2. The Hall–Kier alpha value is -2.42. The molecule has 0 aliphatic carbocycles. The van der Waals surface area contributed by atoms with Crippen molar-refractivity contribution >= 4 is 15.9 Å². The fourth-order valence-electron chi connectivity index (χ4n) is 2.63. The summed E-state index contributed by atoms with van der Waals surface area (Å²) in [6, 6.07) is 6.55. The summed E-state index contributed by atoms with van der Waals surface area (Å²) in [5.41, 5.74) is 0.860. The molecule has 8 nitrogen and oxygen atoms in total. The molecule has 0 unspecified atom stereocenters. The van der Waals surface area contributed by atoms with E-state index in [1.165, 1.54) is 0 Å². The van der Waals surface area contributed by atoms with E-state index in [1.807, 2.05) is 32.9 Å². The third kappa shape index (κ3) is 6.28. The van der Waals surface area contributed by atoms with Crippen molar-refractivity contribution in [1.82, 2.24) is 15.5 Å². The number of nitrogens with one attached hydrogen (secondary N) is 1. The number of sulfone groups is 1. The average molecular weight is 424 g/mol. The summed E-state index contributed by atoms with van der Waals surface area (Å²) in [5.74, 6) is -0.280. The number of nitrogens with zero attached hydrogens (tertiary/aromatic N) is 2. The fraction of sp³-hybridized carbons (Fsp3) is 0.550. The van der Waals surface area contributed by atoms with Crippen molar-refractivity contribution in [2.45, 2.75) is 70.6 Å². The minimum Gasteiger partial charge on any atom is -0.444 e. The molecule has 29 heavy (non-hydrogen) atoms. The van der Waals surface area contributed by atoms with Gasteiger partial charge in [-0.2, -0.15) is 0 Å². The molecule has 1 aromatic carbocycles. The molecule has 0 radical (unpaired) electrons. The Morgan fingerprint density at radius 1 is 1.24 bits per heavy atom. The maximum atomic E-state index is 12.7. The molecule has 0 saturated heterocycles. The number of carbonyl (C=O) groups is 1. The second-order valence-corrected chi connectivity index (χ2v) is 9.97. The van der Waals surface area contributed by atoms with Crippen LogP contribution in [0.4, 0.5) is 4.79 Å². The summed E-state index contributed by atoms with van der Waals surface area (Å²) in [6.45, 7) is 11.0. The zero-order valence-corrected chi connectivity index (χ0v) is 18.5. The molecule has 160 valence electrons. The van der Waals surface area contributed by atoms with Crippen molar-refractivity contribution in [2.24, 2.45) is 5.92 Å². The molecule has 0 saturated carbocycles. The number of ether oxygens (including phenoxy) is 1. The highest BCUT2D eigenvalue weighted by Crippen LogP contribution is 2.26. The molecule has 0 aliphatic rings. The zero-order chi connectivity index (χ0) is 21.8. The van der Waals surface area contributed by atoms with Crippen LogP contribution in [0.1, 0.15) is 64.1 Å². The van der Waals surface area contributed by atoms with Crippen molar-refractivity contribution in [3.05, 3.63) is 41.3 Å². The number of aromatic nitrogens is 2. The fourth-order valence-corrected chi connectivity index (χ4v) is 3.86. The third-order valence-corrected chi connectivity index (χ3v) is 5.83. The second-order valence-electron chi connectivity index (χ2n) is 8.10. The van der Waals surface area contributed by atoms with E-state index >= 15 is 0 Å². The number of hydrogen-bond acceptors (Lipinski definition) is 7. The number of alkyl carbamates (subject to hydrolysis) is 1. The maximum Gasteiger partial charge on any atom is 0.408 e. The van der Waals surface area contributed by atoms with E-state index in [-0.39, 0.29) is 17.6 Å². The van der Waals surface area contributed by atoms with Crippen LogP contribution in [0.3, 0.4) is 0 Å². The zero-order valence-electron chi connectivity index (χ0n) is 17.7. The van der Waals surface area contributed by atoms with E-state index in [9.17, 15) is 13.2 Å². The van der Waals surface area contributed by atoms with Gasteiger partial charge in [-0.25, -0.2) is 13.2 Å². The van der Waals surface area contributed by atoms with E-state index < -0.39 is 32.8 Å². The Kier molecular flexibility index (Phi) is 7.05. The molecule has 2 aromatic rings. The molecule has 0 bridgehead atoms. The summed E-state index contributed by atoms with van der Waals surface area (Å²) < 4.78 is 36.3. The van der Waals surface area contributed by atoms with Gasteiger partial charge in [-0.05, 0) is 44.7 Å². The second kappa shape index (κ2) is 8.94. The van der Waals surface area contributed by atoms with E-state index in [1.54, 1.807) is 32.9 Å². The lowest BCUT2D eigenvalue weighted by molar-refractivity contribution is 0.0473. The van der Waals surface area contributed by atoms with Crippen molar-refractivity contribution < 1.29 is 22.4 Å². The van der Waals surface area contributed by atoms with Gasteiger partial charge in [0.05, 0.1) is 5.75 Å². The first kappa shape index (κ1) is 22.9. The van der Waals surface area contributed by atoms with Crippen molar-refractivity contribution in [3.63, 3.8) is 0 Å². The van der Waals surface area contributed by atoms with Crippen LogP contribution in [0.25, 0.3) is 0 Å². The number of rotatable bonds is 7. The van der Waals surface area contributed by atoms with Gasteiger partial charge in [-0.1, -0.05) is 49.6 Å². The van der Waals surface area contributed by atoms with E-state index in [0.717, 1.165) is 5.56 Å². The monoisotopic (exact) mass is 423 g/mol. The first-order valence-electron chi connectivity index (χ1n) is 9.53. The first-order chi connectivity index (χ1) is 13.4. The Morgan fingerprint density at radius 2 is 1.90 bits per heavy atom. The van der Waals surface area contributed by atoms with E-state index in [0.29, 0.717) is 12.0 Å². The lowest BCUT2D eigenvalue weighted by Gasteiger charge is -2.24. The standard InChI is InChI=1S/C20H29N3O5S/c1-7-13(2)16(21-18(24)28-20(4,5)6)17-22-23-19(27-17)29(25,26)12-15-11-9-8-10-14(15)3/h8-11,13,16H,7,12H2,1-6H3,(H,21,24)/t13-,16-/m1/s1. The minimum absolute atomic E-state index is 0.0357. The minimum atomic E-state index is -3.82. The van der Waals surface area contributed by atoms with Crippen LogP contribution in [-0.4, -0.2) is 30.3 Å². The van der Waals surface area contributed by atoms with Crippen LogP contribution in [0.5, 0.6) is 0 Å². The van der Waals surface area contributed by atoms with Gasteiger partial charge >= 0.3 is 11.3 Å². The molecule has 1 amide bonds. The number of benzene rings is 1. The largest absolute Gasteiger partial charge is 0.444 e. The van der Waals surface area contributed by atoms with Gasteiger partial charge in [0.2, 0.25) is 15.7 Å². The van der Waals surface area contributed by atoms with Crippen LogP contribution < -0.4 is 5.32 Å². The van der Waals surface area contributed by atoms with Crippen LogP contribution in [0, 0.1) is 12.8 Å². The van der Waals surface area contributed by atoms with Crippen molar-refractivity contribution in [1.29, 1.82) is 0 Å². The van der Waals surface area contributed by atoms with Crippen molar-refractivity contribution in [2.75, 3.05) is 0 Å². The number of aryl methyl sites for hydroxylation is 1. The molecule has 9 heteroatoms. The quantitative estimate of drug-likeness (QED) is 0.717. The van der Waals surface area contributed by atoms with Gasteiger partial charge in [0.25, 0.3) is 0 Å². The van der Waals surface area contributed by atoms with Gasteiger partial charge in [-0.15, -0.1) is 5.10 Å². The Morgan fingerprint density at radius 3 is 2.48 bits per heavy atom. The lowest BCUT2D eigenvalue weighted by atomic mass is 9.99. The number of hydrogen-bond donors (Lipinski definition) is 1. The molecule has 0 aliphatic heterocycles. The Labute approximate surface area is 172 Å². The van der Waals surface area contributed by atoms with Gasteiger partial charge in [0.1, 0.15) is 11.6 Å². The normalized spacial score (nSPS) is 14.3. The Bertz CT molecular complexity index is 947. The third-order valence-electron chi connectivity index (χ3n) is 4.45. The van der Waals surface area contributed by atoms with Crippen LogP contribution in [-0.2, 0) is 20.3 Å². The molecule has 1 aromatic heterocycles. The highest BCUT2D eigenvalue weighted by atomic mass is 32.2. The predicted molar refractivity (Wildman–Crippen MR) is 108 cm³/mol. The molecular formula is C20H29N3O5S. The summed E-state index contributed by atoms with van der Waals surface area (Å²) in [6.07, 6.45) is 0.0686. The molecule has 1 N–H and O–H groups in total. The van der Waals surface area contributed by atoms with Crippen LogP contribution in [0.15, 0.2) is 33.9 Å². The molecule has 1 heterocycles. The van der Waals surface area contributed by atoms with Gasteiger partial charge in [0, 0.05) is 0 Å². The van der Waals surface area contributed by atoms with Crippen LogP contribution >= 0.6 is 0 Å². The average Bonchev–Trinajstić information content (AvgIpc) is 3.10. The first-order valence-corrected chi connectivity index (χ1v) is 11.2. The van der Waals surface area contributed by atoms with Gasteiger partial charge in [0.15, 0.2) is 0 Å². The van der Waals surface area contributed by atoms with Gasteiger partial charge < -0.3 is 14.5 Å². The van der Waals surface area contributed by atoms with E-state index in [2.05, 4.69) is 15.5 Å². The number of amides is 1. The summed E-state index contributed by atoms with van der Waals surface area (Å²) in [5, 5.41) is 9.88. The predicted octanol–water partition coefficient (Wildman–Crippen LogP) is 3.96. The topological polar surface area (TPSA) is 111 Å². The van der Waals surface area contributed by atoms with Crippen LogP contribution in [0.2, 0.25) is 0 Å². The smallest absolute Gasteiger partial charge is 0.408 e. The van der Waals surface area contributed by atoms with Gasteiger partial charge in [-0.3, -0.25) is 0 Å². The molecule has 0 spiro atoms. The van der Waals surface area contributed by atoms with Crippen molar-refractivity contribution in [3.8, 4) is 0 Å². The molecule has 0 fully saturated rings. The summed E-state index contributed by atoms with van der Waals surface area (Å²) >= 11 is 0. The maximum absolute atomic E-state index is 12.7. The molecular weight excluding hydrogens is 394 g/mol. The van der Waals surface area contributed by atoms with E-state index in [4.69, 9.17) is 9.15 Å². The highest BCUT2D eigenvalue weighted by Gasteiger charge is 2.31. The molecule has 2 rings (SSSR count). The SMILES string of the molecule is CC[C@@H](C)[C@@H](NC(=O)OC(C)(C)C)c1nnc(S(=O)(=O)Cc2ccccc2C)o1. The highest BCUT2D eigenvalue weighted by molar-refractivity contribution is 7.90.